The number of nitrogens with one attached hydrogen (secondary N) is 2. The lowest BCUT2D eigenvalue weighted by molar-refractivity contribution is 0.475. The molecule has 124 valence electrons. The predicted octanol–water partition coefficient (Wildman–Crippen LogP) is 1.97. The normalized spacial score (nSPS) is 18.0. The van der Waals surface area contributed by atoms with Gasteiger partial charge < -0.3 is 15.7 Å². The summed E-state index contributed by atoms with van der Waals surface area (Å²) in [6.45, 7) is 3.91. The third-order valence-corrected chi connectivity index (χ3v) is 4.37. The van der Waals surface area contributed by atoms with E-state index in [1.807, 2.05) is 25.1 Å². The highest BCUT2D eigenvalue weighted by atomic mass is 16.3. The maximum absolute atomic E-state index is 10.3. The van der Waals surface area contributed by atoms with Gasteiger partial charge in [-0.3, -0.25) is 0 Å². The van der Waals surface area contributed by atoms with Gasteiger partial charge in [0.15, 0.2) is 0 Å². The van der Waals surface area contributed by atoms with E-state index in [9.17, 15) is 5.11 Å². The fourth-order valence-corrected chi connectivity index (χ4v) is 3.12. The number of phenols is 1. The van der Waals surface area contributed by atoms with Crippen LogP contribution in [0.2, 0.25) is 0 Å². The minimum Gasteiger partial charge on any atom is -0.507 e. The molecule has 0 saturated carbocycles. The molecule has 3 aromatic rings. The number of aryl methyl sites for hydroxylation is 1. The van der Waals surface area contributed by atoms with Gasteiger partial charge in [0, 0.05) is 18.2 Å². The van der Waals surface area contributed by atoms with Gasteiger partial charge in [0.2, 0.25) is 5.95 Å². The standard InChI is InChI=1S/C17H20N6O/c1-11-4-5-13(15(24)9-11)16-14-6-8-19-23(14)17(22-21-16)20-12-3-2-7-18-10-12/h4-6,8-9,12,18,24H,2-3,7,10H2,1H3,(H,20,22). The average molecular weight is 324 g/mol. The monoisotopic (exact) mass is 324 g/mol. The molecule has 1 aliphatic rings. The number of hydrogen-bond donors (Lipinski definition) is 3. The van der Waals surface area contributed by atoms with Crippen LogP contribution in [-0.2, 0) is 0 Å². The molecule has 1 atom stereocenters. The van der Waals surface area contributed by atoms with E-state index in [0.717, 1.165) is 37.0 Å². The molecule has 24 heavy (non-hydrogen) atoms. The van der Waals surface area contributed by atoms with E-state index in [2.05, 4.69) is 25.9 Å². The molecule has 0 radical (unpaired) electrons. The molecular weight excluding hydrogens is 304 g/mol. The van der Waals surface area contributed by atoms with Gasteiger partial charge in [0.25, 0.3) is 0 Å². The highest BCUT2D eigenvalue weighted by Crippen LogP contribution is 2.31. The largest absolute Gasteiger partial charge is 0.507 e. The number of hydrogen-bond acceptors (Lipinski definition) is 6. The van der Waals surface area contributed by atoms with Crippen LogP contribution in [-0.4, -0.2) is 44.0 Å². The first kappa shape index (κ1) is 14.9. The predicted molar refractivity (Wildman–Crippen MR) is 92.1 cm³/mol. The molecule has 0 spiro atoms. The SMILES string of the molecule is Cc1ccc(-c2nnc(NC3CCCNC3)n3nccc23)c(O)c1. The van der Waals surface area contributed by atoms with Crippen molar-refractivity contribution in [1.82, 2.24) is 25.1 Å². The Labute approximate surface area is 139 Å². The van der Waals surface area contributed by atoms with E-state index < -0.39 is 0 Å². The van der Waals surface area contributed by atoms with Crippen LogP contribution in [0.3, 0.4) is 0 Å². The molecule has 1 aliphatic heterocycles. The molecule has 1 aromatic carbocycles. The van der Waals surface area contributed by atoms with Gasteiger partial charge in [0.05, 0.1) is 11.7 Å². The van der Waals surface area contributed by atoms with E-state index in [-0.39, 0.29) is 5.75 Å². The van der Waals surface area contributed by atoms with Crippen LogP contribution in [0.15, 0.2) is 30.5 Å². The third-order valence-electron chi connectivity index (χ3n) is 4.37. The Morgan fingerprint density at radius 3 is 3.00 bits per heavy atom. The molecule has 0 aliphatic carbocycles. The molecule has 0 amide bonds. The Kier molecular flexibility index (Phi) is 3.78. The number of aromatic hydroxyl groups is 1. The molecule has 0 bridgehead atoms. The van der Waals surface area contributed by atoms with E-state index in [4.69, 9.17) is 0 Å². The summed E-state index contributed by atoms with van der Waals surface area (Å²) in [6.07, 6.45) is 3.96. The van der Waals surface area contributed by atoms with E-state index >= 15 is 0 Å². The Morgan fingerprint density at radius 1 is 1.29 bits per heavy atom. The van der Waals surface area contributed by atoms with Gasteiger partial charge in [0.1, 0.15) is 11.4 Å². The van der Waals surface area contributed by atoms with Gasteiger partial charge >= 0.3 is 0 Å². The maximum Gasteiger partial charge on any atom is 0.244 e. The zero-order chi connectivity index (χ0) is 16.5. The van der Waals surface area contributed by atoms with Crippen LogP contribution < -0.4 is 10.6 Å². The fourth-order valence-electron chi connectivity index (χ4n) is 3.12. The molecule has 3 heterocycles. The molecule has 1 fully saturated rings. The molecule has 1 unspecified atom stereocenters. The van der Waals surface area contributed by atoms with Crippen molar-refractivity contribution in [3.63, 3.8) is 0 Å². The number of piperidine rings is 1. The summed E-state index contributed by atoms with van der Waals surface area (Å²) >= 11 is 0. The zero-order valence-electron chi connectivity index (χ0n) is 13.5. The van der Waals surface area contributed by atoms with Crippen molar-refractivity contribution >= 4 is 11.5 Å². The Bertz CT molecular complexity index is 869. The topological polar surface area (TPSA) is 87.4 Å². The molecular formula is C17H20N6O. The van der Waals surface area contributed by atoms with Crippen molar-refractivity contribution in [1.29, 1.82) is 0 Å². The quantitative estimate of drug-likeness (QED) is 0.683. The summed E-state index contributed by atoms with van der Waals surface area (Å²) in [6, 6.07) is 7.74. The maximum atomic E-state index is 10.3. The lowest BCUT2D eigenvalue weighted by Gasteiger charge is -2.24. The minimum absolute atomic E-state index is 0.199. The average Bonchev–Trinajstić information content (AvgIpc) is 3.07. The highest BCUT2D eigenvalue weighted by Gasteiger charge is 2.18. The van der Waals surface area contributed by atoms with Gasteiger partial charge in [-0.05, 0) is 50.1 Å². The first-order valence-corrected chi connectivity index (χ1v) is 8.20. The van der Waals surface area contributed by atoms with E-state index in [1.165, 1.54) is 0 Å². The summed E-state index contributed by atoms with van der Waals surface area (Å²) in [5, 5.41) is 30.1. The first-order chi connectivity index (χ1) is 11.7. The second-order valence-corrected chi connectivity index (χ2v) is 6.21. The van der Waals surface area contributed by atoms with Crippen LogP contribution in [0.25, 0.3) is 16.8 Å². The van der Waals surface area contributed by atoms with Crippen molar-refractivity contribution < 1.29 is 5.11 Å². The van der Waals surface area contributed by atoms with Crippen molar-refractivity contribution in [3.05, 3.63) is 36.0 Å². The van der Waals surface area contributed by atoms with Crippen LogP contribution in [0.5, 0.6) is 5.75 Å². The van der Waals surface area contributed by atoms with Crippen molar-refractivity contribution in [2.24, 2.45) is 0 Å². The summed E-state index contributed by atoms with van der Waals surface area (Å²) in [4.78, 5) is 0. The summed E-state index contributed by atoms with van der Waals surface area (Å²) < 4.78 is 1.75. The number of benzene rings is 1. The van der Waals surface area contributed by atoms with Gasteiger partial charge in [-0.15, -0.1) is 10.2 Å². The smallest absolute Gasteiger partial charge is 0.244 e. The second kappa shape index (κ2) is 6.09. The second-order valence-electron chi connectivity index (χ2n) is 6.21. The summed E-state index contributed by atoms with van der Waals surface area (Å²) in [5.74, 6) is 0.823. The van der Waals surface area contributed by atoms with Crippen LogP contribution in [0.1, 0.15) is 18.4 Å². The number of nitrogens with zero attached hydrogens (tertiary/aromatic N) is 4. The minimum atomic E-state index is 0.199. The Hall–Kier alpha value is -2.67. The van der Waals surface area contributed by atoms with Crippen molar-refractivity contribution in [2.75, 3.05) is 18.4 Å². The molecule has 1 saturated heterocycles. The summed E-state index contributed by atoms with van der Waals surface area (Å²) in [5.41, 5.74) is 3.09. The van der Waals surface area contributed by atoms with Crippen LogP contribution >= 0.6 is 0 Å². The zero-order valence-corrected chi connectivity index (χ0v) is 13.5. The molecule has 2 aromatic heterocycles. The molecule has 3 N–H and O–H groups in total. The molecule has 7 nitrogen and oxygen atoms in total. The van der Waals surface area contributed by atoms with E-state index in [1.54, 1.807) is 16.8 Å². The van der Waals surface area contributed by atoms with Gasteiger partial charge in [-0.25, -0.2) is 0 Å². The van der Waals surface area contributed by atoms with Crippen molar-refractivity contribution in [2.45, 2.75) is 25.8 Å². The number of anilines is 1. The van der Waals surface area contributed by atoms with Crippen molar-refractivity contribution in [3.8, 4) is 17.0 Å². The van der Waals surface area contributed by atoms with Gasteiger partial charge in [-0.1, -0.05) is 6.07 Å². The Morgan fingerprint density at radius 2 is 2.21 bits per heavy atom. The van der Waals surface area contributed by atoms with Crippen LogP contribution in [0.4, 0.5) is 5.95 Å². The third kappa shape index (κ3) is 2.67. The number of fused-ring (bicyclic) bond motifs is 1. The first-order valence-electron chi connectivity index (χ1n) is 8.20. The number of rotatable bonds is 3. The fraction of sp³-hybridized carbons (Fsp3) is 0.353. The highest BCUT2D eigenvalue weighted by molar-refractivity contribution is 5.80. The lowest BCUT2D eigenvalue weighted by Crippen LogP contribution is -2.39. The molecule has 4 rings (SSSR count). The lowest BCUT2D eigenvalue weighted by atomic mass is 10.1. The number of aromatic nitrogens is 4. The molecule has 7 heteroatoms. The summed E-state index contributed by atoms with van der Waals surface area (Å²) in [7, 11) is 0. The van der Waals surface area contributed by atoms with Crippen LogP contribution in [0, 0.1) is 6.92 Å². The Balaban J connectivity index is 1.74. The number of phenolic OH excluding ortho intramolecular Hbond substituents is 1. The van der Waals surface area contributed by atoms with E-state index in [0.29, 0.717) is 23.2 Å². The van der Waals surface area contributed by atoms with Gasteiger partial charge in [-0.2, -0.15) is 9.61 Å².